The number of hydrogen-bond donors (Lipinski definition) is 1. The van der Waals surface area contributed by atoms with Crippen molar-refractivity contribution in [3.63, 3.8) is 0 Å². The van der Waals surface area contributed by atoms with Crippen molar-refractivity contribution in [3.05, 3.63) is 0 Å². The number of amides is 1. The molecule has 0 bridgehead atoms. The van der Waals surface area contributed by atoms with Crippen LogP contribution in [0.25, 0.3) is 0 Å². The Bertz CT molecular complexity index is 271. The topological polar surface area (TPSA) is 55.4 Å². The molecule has 0 aromatic carbocycles. The highest BCUT2D eigenvalue weighted by molar-refractivity contribution is 5.68. The predicted molar refractivity (Wildman–Crippen MR) is 77.1 cm³/mol. The van der Waals surface area contributed by atoms with Crippen LogP contribution >= 0.6 is 0 Å². The first kappa shape index (κ1) is 17.9. The van der Waals surface area contributed by atoms with Crippen LogP contribution in [0.1, 0.15) is 66.7 Å². The number of aldehydes is 1. The molecule has 1 N–H and O–H groups in total. The molecule has 0 rings (SSSR count). The summed E-state index contributed by atoms with van der Waals surface area (Å²) in [6.07, 6.45) is 5.17. The molecule has 0 saturated carbocycles. The van der Waals surface area contributed by atoms with Gasteiger partial charge in [-0.1, -0.05) is 20.3 Å². The lowest BCUT2D eigenvalue weighted by Crippen LogP contribution is -2.38. The van der Waals surface area contributed by atoms with Gasteiger partial charge in [0, 0.05) is 12.0 Å². The second-order valence-corrected chi connectivity index (χ2v) is 5.99. The van der Waals surface area contributed by atoms with Crippen molar-refractivity contribution in [2.24, 2.45) is 5.92 Å². The average Bonchev–Trinajstić information content (AvgIpc) is 2.30. The van der Waals surface area contributed by atoms with Gasteiger partial charge in [-0.25, -0.2) is 4.79 Å². The molecule has 0 fully saturated rings. The molecule has 2 unspecified atom stereocenters. The minimum absolute atomic E-state index is 0.124. The van der Waals surface area contributed by atoms with Gasteiger partial charge in [0.2, 0.25) is 0 Å². The van der Waals surface area contributed by atoms with Crippen molar-refractivity contribution in [2.45, 2.75) is 78.4 Å². The maximum atomic E-state index is 11.6. The van der Waals surface area contributed by atoms with Crippen LogP contribution in [0.15, 0.2) is 0 Å². The summed E-state index contributed by atoms with van der Waals surface area (Å²) in [5.74, 6) is 0.152. The van der Waals surface area contributed by atoms with Crippen LogP contribution in [-0.4, -0.2) is 24.0 Å². The molecular weight excluding hydrogens is 242 g/mol. The molecule has 0 aliphatic heterocycles. The van der Waals surface area contributed by atoms with Gasteiger partial charge in [0.15, 0.2) is 0 Å². The molecule has 0 radical (unpaired) electrons. The minimum Gasteiger partial charge on any atom is -0.444 e. The number of carbonyl (C=O) groups is 2. The fourth-order valence-corrected chi connectivity index (χ4v) is 1.85. The molecule has 0 spiro atoms. The lowest BCUT2D eigenvalue weighted by atomic mass is 9.98. The molecule has 4 nitrogen and oxygen atoms in total. The number of ether oxygens (including phenoxy) is 1. The summed E-state index contributed by atoms with van der Waals surface area (Å²) in [6, 6.07) is 0.124. The summed E-state index contributed by atoms with van der Waals surface area (Å²) in [6.45, 7) is 9.62. The van der Waals surface area contributed by atoms with Crippen molar-refractivity contribution < 1.29 is 14.3 Å². The zero-order valence-electron chi connectivity index (χ0n) is 13.0. The first-order chi connectivity index (χ1) is 8.82. The SMILES string of the molecule is CCC(C=O)CCCC(CC)NC(=O)OC(C)(C)C. The summed E-state index contributed by atoms with van der Waals surface area (Å²) in [5, 5.41) is 2.88. The third-order valence-electron chi connectivity index (χ3n) is 3.06. The molecule has 1 amide bonds. The van der Waals surface area contributed by atoms with E-state index in [1.54, 1.807) is 0 Å². The Morgan fingerprint density at radius 2 is 1.84 bits per heavy atom. The molecular formula is C15H29NO3. The second kappa shape index (κ2) is 8.94. The van der Waals surface area contributed by atoms with Crippen LogP contribution < -0.4 is 5.32 Å². The van der Waals surface area contributed by atoms with Gasteiger partial charge in [-0.3, -0.25) is 0 Å². The van der Waals surface area contributed by atoms with Gasteiger partial charge >= 0.3 is 6.09 Å². The lowest BCUT2D eigenvalue weighted by Gasteiger charge is -2.23. The number of carbonyl (C=O) groups excluding carboxylic acids is 2. The van der Waals surface area contributed by atoms with E-state index in [1.165, 1.54) is 0 Å². The Kier molecular flexibility index (Phi) is 8.44. The van der Waals surface area contributed by atoms with E-state index in [-0.39, 0.29) is 18.1 Å². The largest absolute Gasteiger partial charge is 0.444 e. The molecule has 2 atom stereocenters. The predicted octanol–water partition coefficient (Wildman–Crippen LogP) is 3.69. The second-order valence-electron chi connectivity index (χ2n) is 5.99. The van der Waals surface area contributed by atoms with Gasteiger partial charge in [-0.2, -0.15) is 0 Å². The van der Waals surface area contributed by atoms with Crippen molar-refractivity contribution in [2.75, 3.05) is 0 Å². The van der Waals surface area contributed by atoms with Crippen LogP contribution in [-0.2, 0) is 9.53 Å². The molecule has 0 aliphatic rings. The number of rotatable bonds is 8. The Labute approximate surface area is 117 Å². The lowest BCUT2D eigenvalue weighted by molar-refractivity contribution is -0.111. The van der Waals surface area contributed by atoms with Crippen LogP contribution in [0.3, 0.4) is 0 Å². The van der Waals surface area contributed by atoms with E-state index >= 15 is 0 Å². The minimum atomic E-state index is -0.465. The van der Waals surface area contributed by atoms with Gasteiger partial charge in [0.25, 0.3) is 0 Å². The zero-order chi connectivity index (χ0) is 14.9. The van der Waals surface area contributed by atoms with Gasteiger partial charge in [0.05, 0.1) is 0 Å². The van der Waals surface area contributed by atoms with E-state index in [0.29, 0.717) is 0 Å². The average molecular weight is 271 g/mol. The van der Waals surface area contributed by atoms with E-state index < -0.39 is 5.60 Å². The third kappa shape index (κ3) is 9.51. The summed E-state index contributed by atoms with van der Waals surface area (Å²) >= 11 is 0. The summed E-state index contributed by atoms with van der Waals surface area (Å²) < 4.78 is 5.23. The molecule has 4 heteroatoms. The van der Waals surface area contributed by atoms with Crippen LogP contribution in [0.4, 0.5) is 4.79 Å². The van der Waals surface area contributed by atoms with E-state index in [0.717, 1.165) is 38.4 Å². The standard InChI is InChI=1S/C15H29NO3/c1-6-12(11-17)9-8-10-13(7-2)16-14(18)19-15(3,4)5/h11-13H,6-10H2,1-5H3,(H,16,18). The Morgan fingerprint density at radius 1 is 1.21 bits per heavy atom. The molecule has 0 saturated heterocycles. The zero-order valence-corrected chi connectivity index (χ0v) is 13.0. The normalized spacial score (nSPS) is 14.6. The van der Waals surface area contributed by atoms with Crippen LogP contribution in [0.2, 0.25) is 0 Å². The number of nitrogens with one attached hydrogen (secondary N) is 1. The summed E-state index contributed by atoms with van der Waals surface area (Å²) in [7, 11) is 0. The van der Waals surface area contributed by atoms with E-state index in [9.17, 15) is 9.59 Å². The monoisotopic (exact) mass is 271 g/mol. The molecule has 0 aromatic heterocycles. The van der Waals surface area contributed by atoms with Crippen LogP contribution in [0, 0.1) is 5.92 Å². The fraction of sp³-hybridized carbons (Fsp3) is 0.867. The Hall–Kier alpha value is -1.06. The molecule has 0 heterocycles. The first-order valence-electron chi connectivity index (χ1n) is 7.27. The van der Waals surface area contributed by atoms with Crippen molar-refractivity contribution in [1.82, 2.24) is 5.32 Å². The van der Waals surface area contributed by atoms with Crippen LogP contribution in [0.5, 0.6) is 0 Å². The number of hydrogen-bond acceptors (Lipinski definition) is 3. The van der Waals surface area contributed by atoms with Crippen molar-refractivity contribution >= 4 is 12.4 Å². The fourth-order valence-electron chi connectivity index (χ4n) is 1.85. The molecule has 0 aromatic rings. The van der Waals surface area contributed by atoms with E-state index in [2.05, 4.69) is 5.32 Å². The van der Waals surface area contributed by atoms with Crippen molar-refractivity contribution in [1.29, 1.82) is 0 Å². The van der Waals surface area contributed by atoms with Gasteiger partial charge in [-0.05, 0) is 46.5 Å². The maximum Gasteiger partial charge on any atom is 0.407 e. The first-order valence-corrected chi connectivity index (χ1v) is 7.27. The maximum absolute atomic E-state index is 11.6. The highest BCUT2D eigenvalue weighted by Gasteiger charge is 2.18. The molecule has 19 heavy (non-hydrogen) atoms. The smallest absolute Gasteiger partial charge is 0.407 e. The number of alkyl carbamates (subject to hydrolysis) is 1. The van der Waals surface area contributed by atoms with Crippen molar-refractivity contribution in [3.8, 4) is 0 Å². The summed E-state index contributed by atoms with van der Waals surface area (Å²) in [5.41, 5.74) is -0.465. The molecule has 112 valence electrons. The Balaban J connectivity index is 4.01. The van der Waals surface area contributed by atoms with E-state index in [1.807, 2.05) is 34.6 Å². The van der Waals surface area contributed by atoms with Gasteiger partial charge < -0.3 is 14.8 Å². The Morgan fingerprint density at radius 3 is 2.26 bits per heavy atom. The highest BCUT2D eigenvalue weighted by Crippen LogP contribution is 2.13. The third-order valence-corrected chi connectivity index (χ3v) is 3.06. The molecule has 0 aliphatic carbocycles. The summed E-state index contributed by atoms with van der Waals surface area (Å²) in [4.78, 5) is 22.4. The van der Waals surface area contributed by atoms with E-state index in [4.69, 9.17) is 4.74 Å². The quantitative estimate of drug-likeness (QED) is 0.685. The van der Waals surface area contributed by atoms with Gasteiger partial charge in [-0.15, -0.1) is 0 Å². The highest BCUT2D eigenvalue weighted by atomic mass is 16.6. The van der Waals surface area contributed by atoms with Gasteiger partial charge in [0.1, 0.15) is 11.9 Å².